The first-order valence-electron chi connectivity index (χ1n) is 10.2. The van der Waals surface area contributed by atoms with Crippen LogP contribution in [0.1, 0.15) is 10.5 Å². The maximum atomic E-state index is 14.2. The van der Waals surface area contributed by atoms with Crippen molar-refractivity contribution in [1.29, 1.82) is 0 Å². The lowest BCUT2D eigenvalue weighted by Crippen LogP contribution is -2.34. The Balaban J connectivity index is 1.65. The number of nitrogens with two attached hydrogens (primary N) is 1. The Labute approximate surface area is 194 Å². The number of aromatic nitrogens is 3. The first-order valence-corrected chi connectivity index (χ1v) is 11.0. The minimum atomic E-state index is -2.74. The molecule has 14 heteroatoms. The lowest BCUT2D eigenvalue weighted by atomic mass is 10.2. The number of rotatable bonds is 6. The summed E-state index contributed by atoms with van der Waals surface area (Å²) in [6.07, 6.45) is -2.84. The number of nitrogens with one attached hydrogen (secondary N) is 2. The van der Waals surface area contributed by atoms with Crippen molar-refractivity contribution in [2.75, 3.05) is 42.1 Å². The zero-order chi connectivity index (χ0) is 24.4. The minimum Gasteiger partial charge on any atom is -0.389 e. The van der Waals surface area contributed by atoms with Crippen molar-refractivity contribution in [1.82, 2.24) is 20.1 Å². The first-order chi connectivity index (χ1) is 16.2. The molecule has 0 aliphatic carbocycles. The molecule has 1 aliphatic heterocycles. The van der Waals surface area contributed by atoms with E-state index in [1.54, 1.807) is 0 Å². The second kappa shape index (κ2) is 9.93. The monoisotopic (exact) mass is 501 g/mol. The van der Waals surface area contributed by atoms with Crippen LogP contribution in [0.5, 0.6) is 0 Å². The summed E-state index contributed by atoms with van der Waals surface area (Å²) in [5.74, 6) is -2.47. The molecule has 2 aromatic heterocycles. The Hall–Kier alpha value is -3.26. The van der Waals surface area contributed by atoms with Crippen LogP contribution in [-0.4, -0.2) is 59.4 Å². The van der Waals surface area contributed by atoms with Crippen molar-refractivity contribution in [3.05, 3.63) is 41.7 Å². The normalized spacial score (nSPS) is 16.6. The Kier molecular flexibility index (Phi) is 6.97. The van der Waals surface area contributed by atoms with E-state index in [4.69, 9.17) is 5.73 Å². The lowest BCUT2D eigenvalue weighted by molar-refractivity contribution is 0.102. The smallest absolute Gasteiger partial charge is 0.277 e. The van der Waals surface area contributed by atoms with E-state index in [0.29, 0.717) is 6.54 Å². The van der Waals surface area contributed by atoms with Crippen LogP contribution in [-0.2, 0) is 6.54 Å². The van der Waals surface area contributed by atoms with Gasteiger partial charge in [-0.05, 0) is 12.1 Å². The standard InChI is InChI=1S/C20H20F5N7OS/c21-10-6-27-4-5-31(8-10)20-13(7-28-32(20)9-14(24)25)29-18(33)16-17(26)34-19(30-16)15-11(22)2-1-3-12(15)23/h1-3,7,10,14,27H,4-6,8-9,26H2,(H,29,33). The number of nitrogens with zero attached hydrogens (tertiary/aromatic N) is 4. The molecule has 4 N–H and O–H groups in total. The van der Waals surface area contributed by atoms with Gasteiger partial charge in [-0.2, -0.15) is 5.10 Å². The molecule has 1 amide bonds. The van der Waals surface area contributed by atoms with E-state index in [1.807, 2.05) is 0 Å². The minimum absolute atomic E-state index is 0.0470. The van der Waals surface area contributed by atoms with Gasteiger partial charge in [-0.3, -0.25) is 4.79 Å². The summed E-state index contributed by atoms with van der Waals surface area (Å²) in [5, 5.41) is 9.10. The summed E-state index contributed by atoms with van der Waals surface area (Å²) in [4.78, 5) is 18.4. The zero-order valence-corrected chi connectivity index (χ0v) is 18.4. The number of benzene rings is 1. The predicted molar refractivity (Wildman–Crippen MR) is 118 cm³/mol. The van der Waals surface area contributed by atoms with Crippen LogP contribution < -0.4 is 21.3 Å². The highest BCUT2D eigenvalue weighted by molar-refractivity contribution is 7.19. The molecule has 34 heavy (non-hydrogen) atoms. The van der Waals surface area contributed by atoms with Gasteiger partial charge in [0.15, 0.2) is 11.5 Å². The fourth-order valence-corrected chi connectivity index (χ4v) is 4.49. The third kappa shape index (κ3) is 4.97. The number of halogens is 5. The molecule has 1 aromatic carbocycles. The largest absolute Gasteiger partial charge is 0.389 e. The third-order valence-corrected chi connectivity index (χ3v) is 5.96. The molecular formula is C20H20F5N7OS. The number of nitrogen functional groups attached to an aromatic ring is 1. The van der Waals surface area contributed by atoms with E-state index in [1.165, 1.54) is 17.2 Å². The van der Waals surface area contributed by atoms with Crippen LogP contribution in [0, 0.1) is 11.6 Å². The number of hydrogen-bond donors (Lipinski definition) is 3. The van der Waals surface area contributed by atoms with Gasteiger partial charge in [0.25, 0.3) is 12.3 Å². The van der Waals surface area contributed by atoms with Crippen molar-refractivity contribution in [3.63, 3.8) is 0 Å². The summed E-state index contributed by atoms with van der Waals surface area (Å²) >= 11 is 0.721. The van der Waals surface area contributed by atoms with Gasteiger partial charge in [-0.25, -0.2) is 31.6 Å². The molecule has 182 valence electrons. The number of anilines is 3. The molecule has 1 unspecified atom stereocenters. The average molecular weight is 501 g/mol. The molecule has 8 nitrogen and oxygen atoms in total. The number of carbonyl (C=O) groups excluding carboxylic acids is 1. The highest BCUT2D eigenvalue weighted by Gasteiger charge is 2.27. The highest BCUT2D eigenvalue weighted by Crippen LogP contribution is 2.34. The van der Waals surface area contributed by atoms with Crippen molar-refractivity contribution in [2.24, 2.45) is 0 Å². The van der Waals surface area contributed by atoms with E-state index in [0.717, 1.165) is 28.2 Å². The summed E-state index contributed by atoms with van der Waals surface area (Å²) in [5.41, 5.74) is 5.22. The molecule has 0 saturated carbocycles. The molecule has 1 fully saturated rings. The Morgan fingerprint density at radius 1 is 1.32 bits per heavy atom. The van der Waals surface area contributed by atoms with E-state index in [9.17, 15) is 26.7 Å². The van der Waals surface area contributed by atoms with Crippen molar-refractivity contribution >= 4 is 33.8 Å². The molecule has 1 atom stereocenters. The fraction of sp³-hybridized carbons (Fsp3) is 0.350. The van der Waals surface area contributed by atoms with Gasteiger partial charge < -0.3 is 21.3 Å². The fourth-order valence-electron chi connectivity index (χ4n) is 3.61. The van der Waals surface area contributed by atoms with Crippen molar-refractivity contribution < 1.29 is 26.7 Å². The van der Waals surface area contributed by atoms with Crippen LogP contribution in [0.25, 0.3) is 10.6 Å². The van der Waals surface area contributed by atoms with Gasteiger partial charge in [-0.15, -0.1) is 0 Å². The van der Waals surface area contributed by atoms with Crippen molar-refractivity contribution in [3.8, 4) is 10.6 Å². The summed E-state index contributed by atoms with van der Waals surface area (Å²) < 4.78 is 69.6. The summed E-state index contributed by atoms with van der Waals surface area (Å²) in [6.45, 7) is -0.0774. The molecule has 4 rings (SSSR count). The summed E-state index contributed by atoms with van der Waals surface area (Å²) in [6, 6.07) is 3.29. The number of alkyl halides is 3. The topological polar surface area (TPSA) is 101 Å². The van der Waals surface area contributed by atoms with E-state index >= 15 is 0 Å². The van der Waals surface area contributed by atoms with Crippen LogP contribution in [0.2, 0.25) is 0 Å². The van der Waals surface area contributed by atoms with Crippen LogP contribution in [0.3, 0.4) is 0 Å². The summed E-state index contributed by atoms with van der Waals surface area (Å²) in [7, 11) is 0. The Bertz CT molecular complexity index is 1160. The Morgan fingerprint density at radius 2 is 2.06 bits per heavy atom. The van der Waals surface area contributed by atoms with E-state index in [-0.39, 0.29) is 46.8 Å². The lowest BCUT2D eigenvalue weighted by Gasteiger charge is -2.25. The first kappa shape index (κ1) is 23.9. The van der Waals surface area contributed by atoms with Crippen LogP contribution in [0.4, 0.5) is 38.5 Å². The average Bonchev–Trinajstić information content (AvgIpc) is 3.25. The highest BCUT2D eigenvalue weighted by atomic mass is 32.1. The third-order valence-electron chi connectivity index (χ3n) is 5.06. The SMILES string of the molecule is Nc1sc(-c2c(F)cccc2F)nc1C(=O)Nc1cnn(CC(F)F)c1N1CCNCC(F)C1. The molecule has 0 spiro atoms. The van der Waals surface area contributed by atoms with Crippen LogP contribution in [0.15, 0.2) is 24.4 Å². The number of amides is 1. The van der Waals surface area contributed by atoms with Gasteiger partial charge in [0.2, 0.25) is 0 Å². The molecule has 0 radical (unpaired) electrons. The molecule has 3 heterocycles. The van der Waals surface area contributed by atoms with Gasteiger partial charge in [0.1, 0.15) is 40.0 Å². The second-order valence-electron chi connectivity index (χ2n) is 7.49. The molecule has 1 saturated heterocycles. The number of thiazole rings is 1. The van der Waals surface area contributed by atoms with Gasteiger partial charge in [-0.1, -0.05) is 17.4 Å². The van der Waals surface area contributed by atoms with Crippen LogP contribution >= 0.6 is 11.3 Å². The van der Waals surface area contributed by atoms with Gasteiger partial charge in [0.05, 0.1) is 18.3 Å². The van der Waals surface area contributed by atoms with Gasteiger partial charge in [0, 0.05) is 19.6 Å². The van der Waals surface area contributed by atoms with Crippen molar-refractivity contribution in [2.45, 2.75) is 19.1 Å². The zero-order valence-electron chi connectivity index (χ0n) is 17.6. The van der Waals surface area contributed by atoms with E-state index < -0.39 is 42.2 Å². The predicted octanol–water partition coefficient (Wildman–Crippen LogP) is 3.13. The molecule has 0 bridgehead atoms. The Morgan fingerprint density at radius 3 is 2.76 bits per heavy atom. The maximum Gasteiger partial charge on any atom is 0.277 e. The maximum absolute atomic E-state index is 14.2. The molecular weight excluding hydrogens is 481 g/mol. The van der Waals surface area contributed by atoms with E-state index in [2.05, 4.69) is 20.7 Å². The molecule has 1 aliphatic rings. The number of carbonyl (C=O) groups is 1. The van der Waals surface area contributed by atoms with Gasteiger partial charge >= 0.3 is 0 Å². The number of hydrogen-bond acceptors (Lipinski definition) is 7. The second-order valence-corrected chi connectivity index (χ2v) is 8.52. The molecule has 3 aromatic rings. The quantitative estimate of drug-likeness (QED) is 0.449.